The quantitative estimate of drug-likeness (QED) is 0.303. The van der Waals surface area contributed by atoms with E-state index in [4.69, 9.17) is 16.3 Å². The van der Waals surface area contributed by atoms with Crippen LogP contribution in [0.5, 0.6) is 0 Å². The summed E-state index contributed by atoms with van der Waals surface area (Å²) in [5.74, 6) is -3.79. The molecule has 0 spiro atoms. The molecular weight excluding hydrogens is 565 g/mol. The maximum absolute atomic E-state index is 12.8. The standard InChI is InChI=1S/C22H17ClIN3O4S/c1-31-22(30)19-18(12-2-4-13(23)5-3-12)16(10-25)21(27-20(19)29)32-11-17(28)26-15-8-6-14(24)7-9-15/h2-9,18-19H,11H2,1H3,(H,26,28)(H,27,29). The molecule has 0 saturated heterocycles. The van der Waals surface area contributed by atoms with E-state index in [1.807, 2.05) is 12.1 Å². The van der Waals surface area contributed by atoms with Crippen LogP contribution < -0.4 is 10.6 Å². The van der Waals surface area contributed by atoms with Gasteiger partial charge in [-0.15, -0.1) is 0 Å². The van der Waals surface area contributed by atoms with Crippen molar-refractivity contribution in [2.45, 2.75) is 5.92 Å². The highest BCUT2D eigenvalue weighted by Crippen LogP contribution is 2.40. The van der Waals surface area contributed by atoms with Gasteiger partial charge in [0.05, 0.1) is 29.5 Å². The van der Waals surface area contributed by atoms with Gasteiger partial charge < -0.3 is 15.4 Å². The first kappa shape index (κ1) is 24.1. The lowest BCUT2D eigenvalue weighted by Crippen LogP contribution is -2.44. The van der Waals surface area contributed by atoms with E-state index >= 15 is 0 Å². The van der Waals surface area contributed by atoms with Crippen LogP contribution in [0.2, 0.25) is 5.02 Å². The van der Waals surface area contributed by atoms with Crippen molar-refractivity contribution in [3.8, 4) is 6.07 Å². The Balaban J connectivity index is 1.87. The van der Waals surface area contributed by atoms with Gasteiger partial charge in [0.2, 0.25) is 11.8 Å². The molecule has 2 aromatic carbocycles. The van der Waals surface area contributed by atoms with Crippen molar-refractivity contribution < 1.29 is 19.1 Å². The number of rotatable bonds is 6. The maximum atomic E-state index is 12.8. The smallest absolute Gasteiger partial charge is 0.319 e. The number of hydrogen-bond donors (Lipinski definition) is 2. The number of methoxy groups -OCH3 is 1. The van der Waals surface area contributed by atoms with Gasteiger partial charge in [0.1, 0.15) is 5.92 Å². The molecule has 2 aromatic rings. The number of anilines is 1. The molecule has 3 rings (SSSR count). The highest BCUT2D eigenvalue weighted by molar-refractivity contribution is 14.1. The van der Waals surface area contributed by atoms with Crippen LogP contribution in [0, 0.1) is 20.8 Å². The number of carbonyl (C=O) groups excluding carboxylic acids is 3. The highest BCUT2D eigenvalue weighted by atomic mass is 127. The Morgan fingerprint density at radius 1 is 1.22 bits per heavy atom. The minimum absolute atomic E-state index is 0.0387. The first-order valence-electron chi connectivity index (χ1n) is 9.30. The number of esters is 1. The van der Waals surface area contributed by atoms with Gasteiger partial charge in [-0.3, -0.25) is 14.4 Å². The van der Waals surface area contributed by atoms with Crippen LogP contribution in [0.3, 0.4) is 0 Å². The van der Waals surface area contributed by atoms with Crippen LogP contribution in [0.4, 0.5) is 5.69 Å². The van der Waals surface area contributed by atoms with Gasteiger partial charge in [0.25, 0.3) is 0 Å². The zero-order valence-corrected chi connectivity index (χ0v) is 20.5. The zero-order chi connectivity index (χ0) is 23.3. The van der Waals surface area contributed by atoms with E-state index in [9.17, 15) is 19.6 Å². The molecule has 1 aliphatic rings. The van der Waals surface area contributed by atoms with Gasteiger partial charge in [-0.2, -0.15) is 5.26 Å². The summed E-state index contributed by atoms with van der Waals surface area (Å²) in [6.45, 7) is 0. The molecule has 10 heteroatoms. The number of amides is 2. The summed E-state index contributed by atoms with van der Waals surface area (Å²) in [6.07, 6.45) is 0. The Hall–Kier alpha value is -2.55. The normalized spacial score (nSPS) is 17.9. The maximum Gasteiger partial charge on any atom is 0.319 e. The minimum Gasteiger partial charge on any atom is -0.468 e. The van der Waals surface area contributed by atoms with Crippen LogP contribution in [0.25, 0.3) is 0 Å². The molecule has 2 atom stereocenters. The molecule has 164 valence electrons. The molecule has 2 amide bonds. The van der Waals surface area contributed by atoms with E-state index < -0.39 is 23.7 Å². The van der Waals surface area contributed by atoms with Crippen LogP contribution >= 0.6 is 46.0 Å². The van der Waals surface area contributed by atoms with Crippen molar-refractivity contribution in [2.24, 2.45) is 5.92 Å². The second kappa shape index (κ2) is 10.8. The monoisotopic (exact) mass is 581 g/mol. The number of carbonyl (C=O) groups is 3. The fourth-order valence-corrected chi connectivity index (χ4v) is 4.55. The average Bonchev–Trinajstić information content (AvgIpc) is 2.78. The second-order valence-electron chi connectivity index (χ2n) is 6.72. The van der Waals surface area contributed by atoms with Crippen molar-refractivity contribution in [2.75, 3.05) is 18.2 Å². The summed E-state index contributed by atoms with van der Waals surface area (Å²) in [4.78, 5) is 37.5. The Bertz CT molecular complexity index is 1110. The third-order valence-corrected chi connectivity index (χ3v) is 6.68. The lowest BCUT2D eigenvalue weighted by atomic mass is 9.78. The fraction of sp³-hybridized carbons (Fsp3) is 0.182. The van der Waals surface area contributed by atoms with E-state index in [2.05, 4.69) is 39.3 Å². The van der Waals surface area contributed by atoms with Gasteiger partial charge in [0.15, 0.2) is 0 Å². The number of nitrogens with zero attached hydrogens (tertiary/aromatic N) is 1. The molecule has 0 aromatic heterocycles. The summed E-state index contributed by atoms with van der Waals surface area (Å²) >= 11 is 9.16. The molecule has 0 saturated carbocycles. The molecule has 2 N–H and O–H groups in total. The van der Waals surface area contributed by atoms with E-state index in [1.165, 1.54) is 7.11 Å². The molecule has 0 bridgehead atoms. The van der Waals surface area contributed by atoms with Crippen LogP contribution in [-0.2, 0) is 19.1 Å². The Morgan fingerprint density at radius 2 is 1.88 bits per heavy atom. The summed E-state index contributed by atoms with van der Waals surface area (Å²) in [7, 11) is 1.18. The highest BCUT2D eigenvalue weighted by Gasteiger charge is 2.44. The summed E-state index contributed by atoms with van der Waals surface area (Å²) < 4.78 is 5.85. The van der Waals surface area contributed by atoms with E-state index in [1.54, 1.807) is 36.4 Å². The lowest BCUT2D eigenvalue weighted by Gasteiger charge is -2.30. The Kier molecular flexibility index (Phi) is 8.17. The van der Waals surface area contributed by atoms with Crippen LogP contribution in [-0.4, -0.2) is 30.6 Å². The fourth-order valence-electron chi connectivity index (χ4n) is 3.22. The van der Waals surface area contributed by atoms with Gasteiger partial charge in [0, 0.05) is 20.2 Å². The van der Waals surface area contributed by atoms with Gasteiger partial charge in [-0.25, -0.2) is 0 Å². The minimum atomic E-state index is -1.24. The predicted molar refractivity (Wildman–Crippen MR) is 131 cm³/mol. The van der Waals surface area contributed by atoms with E-state index in [0.717, 1.165) is 15.3 Å². The first-order chi connectivity index (χ1) is 15.3. The number of hydrogen-bond acceptors (Lipinski definition) is 6. The Labute approximate surface area is 207 Å². The summed E-state index contributed by atoms with van der Waals surface area (Å²) in [5, 5.41) is 16.0. The van der Waals surface area contributed by atoms with Crippen molar-refractivity contribution in [1.82, 2.24) is 5.32 Å². The largest absolute Gasteiger partial charge is 0.468 e. The number of nitriles is 1. The summed E-state index contributed by atoms with van der Waals surface area (Å²) in [6, 6.07) is 15.9. The van der Waals surface area contributed by atoms with Gasteiger partial charge in [-0.05, 0) is 64.6 Å². The Morgan fingerprint density at radius 3 is 2.47 bits per heavy atom. The molecule has 1 aliphatic heterocycles. The third kappa shape index (κ3) is 5.62. The number of allylic oxidation sites excluding steroid dienone is 1. The van der Waals surface area contributed by atoms with Crippen LogP contribution in [0.1, 0.15) is 11.5 Å². The molecule has 7 nitrogen and oxygen atoms in total. The van der Waals surface area contributed by atoms with Crippen molar-refractivity contribution in [3.63, 3.8) is 0 Å². The number of nitrogens with one attached hydrogen (secondary N) is 2. The number of ether oxygens (including phenoxy) is 1. The van der Waals surface area contributed by atoms with Crippen molar-refractivity contribution >= 4 is 69.4 Å². The molecule has 2 unspecified atom stereocenters. The molecular formula is C22H17ClIN3O4S. The molecule has 1 heterocycles. The number of halogens is 2. The molecule has 32 heavy (non-hydrogen) atoms. The first-order valence-corrected chi connectivity index (χ1v) is 11.7. The van der Waals surface area contributed by atoms with Crippen molar-refractivity contribution in [1.29, 1.82) is 5.26 Å². The zero-order valence-electron chi connectivity index (χ0n) is 16.7. The molecule has 0 fully saturated rings. The van der Waals surface area contributed by atoms with Crippen molar-refractivity contribution in [3.05, 3.63) is 73.3 Å². The predicted octanol–water partition coefficient (Wildman–Crippen LogP) is 4.05. The summed E-state index contributed by atoms with van der Waals surface area (Å²) in [5.41, 5.74) is 1.38. The number of thioether (sulfide) groups is 1. The molecule has 0 aliphatic carbocycles. The van der Waals surface area contributed by atoms with E-state index in [-0.39, 0.29) is 22.3 Å². The SMILES string of the molecule is COC(=O)C1C(=O)NC(SCC(=O)Nc2ccc(I)cc2)=C(C#N)C1c1ccc(Cl)cc1. The number of benzene rings is 2. The third-order valence-electron chi connectivity index (χ3n) is 4.69. The molecule has 0 radical (unpaired) electrons. The van der Waals surface area contributed by atoms with Gasteiger partial charge >= 0.3 is 5.97 Å². The van der Waals surface area contributed by atoms with Gasteiger partial charge in [-0.1, -0.05) is 35.5 Å². The van der Waals surface area contributed by atoms with Crippen LogP contribution in [0.15, 0.2) is 59.1 Å². The topological polar surface area (TPSA) is 108 Å². The second-order valence-corrected chi connectivity index (χ2v) is 9.39. The lowest BCUT2D eigenvalue weighted by molar-refractivity contribution is -0.150. The van der Waals surface area contributed by atoms with E-state index in [0.29, 0.717) is 16.3 Å². The average molecular weight is 582 g/mol.